The molecule has 0 bridgehead atoms. The van der Waals surface area contributed by atoms with Crippen molar-refractivity contribution in [3.8, 4) is 5.82 Å². The van der Waals surface area contributed by atoms with Crippen LogP contribution in [-0.4, -0.2) is 43.6 Å². The number of carbonyl (C=O) groups excluding carboxylic acids is 1. The average molecular weight is 354 g/mol. The average Bonchev–Trinajstić information content (AvgIpc) is 3.17. The number of piperidine rings is 1. The Labute approximate surface area is 149 Å². The highest BCUT2D eigenvalue weighted by atomic mass is 16.4. The maximum absolute atomic E-state index is 12.7. The molecule has 0 spiro atoms. The Morgan fingerprint density at radius 1 is 1.27 bits per heavy atom. The number of nitrogens with zero attached hydrogens (tertiary/aromatic N) is 3. The maximum Gasteiger partial charge on any atom is 0.408 e. The number of rotatable bonds is 3. The Balaban J connectivity index is 1.59. The van der Waals surface area contributed by atoms with Gasteiger partial charge in [0.2, 0.25) is 5.91 Å². The van der Waals surface area contributed by atoms with Gasteiger partial charge in [-0.1, -0.05) is 13.0 Å². The smallest absolute Gasteiger partial charge is 0.408 e. The number of amides is 2. The predicted molar refractivity (Wildman–Crippen MR) is 93.2 cm³/mol. The van der Waals surface area contributed by atoms with Gasteiger partial charge in [0.1, 0.15) is 17.5 Å². The number of nitrogens with one attached hydrogen (secondary N) is 1. The number of likely N-dealkylation sites (tertiary alicyclic amines) is 1. The summed E-state index contributed by atoms with van der Waals surface area (Å²) in [5, 5.41) is 12.0. The van der Waals surface area contributed by atoms with Gasteiger partial charge in [0.25, 0.3) is 5.56 Å². The molecule has 2 N–H and O–H groups in total. The van der Waals surface area contributed by atoms with Gasteiger partial charge in [0.05, 0.1) is 0 Å². The Morgan fingerprint density at radius 2 is 2.08 bits per heavy atom. The van der Waals surface area contributed by atoms with E-state index >= 15 is 0 Å². The first-order valence-electron chi connectivity index (χ1n) is 8.36. The molecule has 1 aliphatic carbocycles. The number of fused-ring (bicyclic) bond motifs is 1. The maximum atomic E-state index is 12.7. The van der Waals surface area contributed by atoms with Gasteiger partial charge in [0.15, 0.2) is 0 Å². The molecule has 3 heterocycles. The lowest BCUT2D eigenvalue weighted by atomic mass is 10.0. The summed E-state index contributed by atoms with van der Waals surface area (Å²) in [4.78, 5) is 42.2. The third kappa shape index (κ3) is 2.54. The van der Waals surface area contributed by atoms with Gasteiger partial charge in [-0.3, -0.25) is 19.1 Å². The van der Waals surface area contributed by atoms with Crippen molar-refractivity contribution in [2.75, 3.05) is 5.32 Å². The minimum Gasteiger partial charge on any atom is -0.465 e. The third-order valence-corrected chi connectivity index (χ3v) is 5.26. The van der Waals surface area contributed by atoms with Gasteiger partial charge < -0.3 is 10.4 Å². The van der Waals surface area contributed by atoms with Crippen LogP contribution in [0.1, 0.15) is 19.8 Å². The van der Waals surface area contributed by atoms with Crippen molar-refractivity contribution in [1.82, 2.24) is 14.5 Å². The highest BCUT2D eigenvalue weighted by Crippen LogP contribution is 2.59. The van der Waals surface area contributed by atoms with Gasteiger partial charge in [0, 0.05) is 18.4 Å². The number of hydrogen-bond acceptors (Lipinski definition) is 4. The number of carbonyl (C=O) groups is 2. The fraction of sp³-hybridized carbons (Fsp3) is 0.333. The molecule has 2 aromatic heterocycles. The van der Waals surface area contributed by atoms with Crippen molar-refractivity contribution < 1.29 is 14.7 Å². The SMILES string of the molecule is C[C@@]12C[C@@H](C(=O)Nc3cccn(-c4ccccn4)c3=O)N(C(=O)O)[C@@H]1C2. The molecule has 0 radical (unpaired) electrons. The Morgan fingerprint density at radius 3 is 2.77 bits per heavy atom. The zero-order chi connectivity index (χ0) is 18.5. The van der Waals surface area contributed by atoms with Crippen LogP contribution in [0.3, 0.4) is 0 Å². The summed E-state index contributed by atoms with van der Waals surface area (Å²) in [5.74, 6) is -0.0351. The van der Waals surface area contributed by atoms with Crippen LogP contribution in [-0.2, 0) is 4.79 Å². The van der Waals surface area contributed by atoms with Crippen LogP contribution in [0, 0.1) is 5.41 Å². The zero-order valence-corrected chi connectivity index (χ0v) is 14.1. The number of hydrogen-bond donors (Lipinski definition) is 2. The van der Waals surface area contributed by atoms with Crippen LogP contribution in [0.15, 0.2) is 47.5 Å². The van der Waals surface area contributed by atoms with E-state index in [0.29, 0.717) is 12.2 Å². The summed E-state index contributed by atoms with van der Waals surface area (Å²) in [5.41, 5.74) is -0.458. The van der Waals surface area contributed by atoms with Crippen molar-refractivity contribution >= 4 is 17.7 Å². The van der Waals surface area contributed by atoms with Crippen molar-refractivity contribution in [2.45, 2.75) is 31.8 Å². The van der Waals surface area contributed by atoms with E-state index in [1.165, 1.54) is 15.5 Å². The zero-order valence-electron chi connectivity index (χ0n) is 14.1. The quantitative estimate of drug-likeness (QED) is 0.873. The van der Waals surface area contributed by atoms with E-state index in [4.69, 9.17) is 0 Å². The normalized spacial score (nSPS) is 26.3. The van der Waals surface area contributed by atoms with Crippen molar-refractivity contribution in [2.24, 2.45) is 5.41 Å². The predicted octanol–water partition coefficient (Wildman–Crippen LogP) is 1.70. The van der Waals surface area contributed by atoms with Crippen molar-refractivity contribution in [1.29, 1.82) is 0 Å². The second kappa shape index (κ2) is 5.69. The summed E-state index contributed by atoms with van der Waals surface area (Å²) >= 11 is 0. The third-order valence-electron chi connectivity index (χ3n) is 5.26. The van der Waals surface area contributed by atoms with Crippen molar-refractivity contribution in [3.63, 3.8) is 0 Å². The molecular formula is C18H18N4O4. The van der Waals surface area contributed by atoms with E-state index in [1.807, 2.05) is 6.92 Å². The lowest BCUT2D eigenvalue weighted by Gasteiger charge is -2.23. The monoisotopic (exact) mass is 354 g/mol. The molecule has 2 aromatic rings. The second-order valence-corrected chi connectivity index (χ2v) is 7.06. The van der Waals surface area contributed by atoms with Crippen LogP contribution in [0.5, 0.6) is 0 Å². The van der Waals surface area contributed by atoms with Crippen molar-refractivity contribution in [3.05, 3.63) is 53.1 Å². The summed E-state index contributed by atoms with van der Waals surface area (Å²) in [7, 11) is 0. The molecule has 1 saturated carbocycles. The molecule has 0 unspecified atom stereocenters. The summed E-state index contributed by atoms with van der Waals surface area (Å²) in [6.45, 7) is 1.98. The van der Waals surface area contributed by atoms with Gasteiger partial charge in [-0.15, -0.1) is 0 Å². The highest BCUT2D eigenvalue weighted by Gasteiger charge is 2.64. The van der Waals surface area contributed by atoms with Crippen LogP contribution in [0.2, 0.25) is 0 Å². The number of carboxylic acid groups (broad SMARTS) is 1. The lowest BCUT2D eigenvalue weighted by molar-refractivity contribution is -0.120. The van der Waals surface area contributed by atoms with Crippen LogP contribution in [0.25, 0.3) is 5.82 Å². The molecule has 1 aliphatic heterocycles. The minimum absolute atomic E-state index is 0.0965. The van der Waals surface area contributed by atoms with E-state index in [1.54, 1.807) is 36.7 Å². The molecule has 8 nitrogen and oxygen atoms in total. The minimum atomic E-state index is -1.10. The Hall–Kier alpha value is -3.16. The molecule has 4 rings (SSSR count). The fourth-order valence-electron chi connectivity index (χ4n) is 3.76. The van der Waals surface area contributed by atoms with E-state index in [2.05, 4.69) is 10.3 Å². The first kappa shape index (κ1) is 16.3. The standard InChI is InChI=1S/C18H18N4O4/c1-18-9-12(22(17(25)26)13(18)10-18)15(23)20-11-5-4-8-21(16(11)24)14-6-2-3-7-19-14/h2-8,12-13H,9-10H2,1H3,(H,20,23)(H,25,26)/t12-,13+,18-/m0/s1. The second-order valence-electron chi connectivity index (χ2n) is 7.06. The van der Waals surface area contributed by atoms with E-state index in [-0.39, 0.29) is 17.1 Å². The first-order valence-corrected chi connectivity index (χ1v) is 8.36. The molecular weight excluding hydrogens is 336 g/mol. The molecule has 134 valence electrons. The molecule has 2 amide bonds. The number of anilines is 1. The highest BCUT2D eigenvalue weighted by molar-refractivity contribution is 5.97. The lowest BCUT2D eigenvalue weighted by Crippen LogP contribution is -2.45. The molecule has 2 aliphatic rings. The largest absolute Gasteiger partial charge is 0.465 e. The van der Waals surface area contributed by atoms with Crippen LogP contribution < -0.4 is 10.9 Å². The first-order chi connectivity index (χ1) is 12.4. The van der Waals surface area contributed by atoms with E-state index < -0.39 is 23.6 Å². The Kier molecular flexibility index (Phi) is 3.57. The fourth-order valence-corrected chi connectivity index (χ4v) is 3.76. The molecule has 0 aromatic carbocycles. The Bertz CT molecular complexity index is 942. The van der Waals surface area contributed by atoms with Gasteiger partial charge >= 0.3 is 6.09 Å². The molecule has 1 saturated heterocycles. The summed E-state index contributed by atoms with van der Waals surface area (Å²) in [6, 6.07) is 7.43. The van der Waals surface area contributed by atoms with Gasteiger partial charge in [-0.25, -0.2) is 9.78 Å². The molecule has 8 heteroatoms. The summed E-state index contributed by atoms with van der Waals surface area (Å²) in [6.07, 6.45) is 3.28. The molecule has 2 fully saturated rings. The number of pyridine rings is 2. The summed E-state index contributed by atoms with van der Waals surface area (Å²) < 4.78 is 1.33. The molecule has 3 atom stereocenters. The van der Waals surface area contributed by atoms with Crippen LogP contribution >= 0.6 is 0 Å². The van der Waals surface area contributed by atoms with Gasteiger partial charge in [-0.05, 0) is 42.5 Å². The van der Waals surface area contributed by atoms with Gasteiger partial charge in [-0.2, -0.15) is 0 Å². The van der Waals surface area contributed by atoms with Crippen LogP contribution in [0.4, 0.5) is 10.5 Å². The molecule has 26 heavy (non-hydrogen) atoms. The van der Waals surface area contributed by atoms with E-state index in [0.717, 1.165) is 6.42 Å². The van der Waals surface area contributed by atoms with E-state index in [9.17, 15) is 19.5 Å². The topological polar surface area (TPSA) is 105 Å². The number of aromatic nitrogens is 2.